The summed E-state index contributed by atoms with van der Waals surface area (Å²) in [7, 11) is 0.656. The van der Waals surface area contributed by atoms with Gasteiger partial charge in [0.1, 0.15) is 11.4 Å². The molecular weight excluding hydrogens is 492 g/mol. The fourth-order valence-corrected chi connectivity index (χ4v) is 5.35. The van der Waals surface area contributed by atoms with Crippen LogP contribution < -0.4 is 10.1 Å². The maximum absolute atomic E-state index is 13.7. The molecular formula is C27H32N4O5S. The lowest BCUT2D eigenvalue weighted by Crippen LogP contribution is -2.39. The van der Waals surface area contributed by atoms with E-state index in [-0.39, 0.29) is 11.6 Å². The number of methoxy groups -OCH3 is 1. The lowest BCUT2D eigenvalue weighted by molar-refractivity contribution is -0.127. The lowest BCUT2D eigenvalue weighted by Gasteiger charge is -2.22. The highest BCUT2D eigenvalue weighted by Crippen LogP contribution is 2.26. The van der Waals surface area contributed by atoms with Gasteiger partial charge in [-0.15, -0.1) is 0 Å². The summed E-state index contributed by atoms with van der Waals surface area (Å²) in [5, 5.41) is 3.44. The van der Waals surface area contributed by atoms with Gasteiger partial charge >= 0.3 is 10.2 Å². The summed E-state index contributed by atoms with van der Waals surface area (Å²) in [6.07, 6.45) is 6.94. The molecule has 3 aromatic rings. The molecule has 0 unspecified atom stereocenters. The van der Waals surface area contributed by atoms with Gasteiger partial charge in [-0.25, -0.2) is 3.97 Å². The summed E-state index contributed by atoms with van der Waals surface area (Å²) in [5.74, 6) is -0.124. The summed E-state index contributed by atoms with van der Waals surface area (Å²) < 4.78 is 33.5. The number of likely N-dealkylation sites (tertiary alicyclic amines) is 1. The van der Waals surface area contributed by atoms with Crippen molar-refractivity contribution in [2.24, 2.45) is 0 Å². The molecule has 1 fully saturated rings. The number of nitrogens with one attached hydrogen (secondary N) is 1. The van der Waals surface area contributed by atoms with E-state index in [1.54, 1.807) is 66.6 Å². The molecule has 2 aromatic carbocycles. The number of carbonyl (C=O) groups is 2. The first-order valence-corrected chi connectivity index (χ1v) is 13.6. The Kier molecular flexibility index (Phi) is 7.99. The zero-order valence-electron chi connectivity index (χ0n) is 21.3. The number of ether oxygens (including phenoxy) is 1. The summed E-state index contributed by atoms with van der Waals surface area (Å²) in [6, 6.07) is 13.7. The first-order valence-electron chi connectivity index (χ1n) is 12.2. The summed E-state index contributed by atoms with van der Waals surface area (Å²) in [4.78, 5) is 28.6. The quantitative estimate of drug-likeness (QED) is 0.477. The average molecular weight is 525 g/mol. The Labute approximate surface area is 217 Å². The van der Waals surface area contributed by atoms with Crippen LogP contribution in [0.3, 0.4) is 0 Å². The van der Waals surface area contributed by atoms with E-state index in [2.05, 4.69) is 5.32 Å². The molecule has 0 aliphatic carbocycles. The summed E-state index contributed by atoms with van der Waals surface area (Å²) >= 11 is 0. The second kappa shape index (κ2) is 11.2. The maximum Gasteiger partial charge on any atom is 0.307 e. The molecule has 1 saturated heterocycles. The second-order valence-corrected chi connectivity index (χ2v) is 11.2. The number of fused-ring (bicyclic) bond motifs is 1. The molecule has 0 bridgehead atoms. The van der Waals surface area contributed by atoms with Gasteiger partial charge in [-0.3, -0.25) is 9.59 Å². The standard InChI is InChI=1S/C27H32N4O5S/c1-29(2)37(34,35)31-19-21(23-10-6-7-11-25(23)31)18-24(27(33)30-16-8-4-5-9-17-30)28-26(32)20-12-14-22(36-3)15-13-20/h6-7,10-15,18-19H,4-5,8-9,16-17H2,1-3H3,(H,28,32). The Morgan fingerprint density at radius 1 is 0.973 bits per heavy atom. The third kappa shape index (κ3) is 5.70. The van der Waals surface area contributed by atoms with Gasteiger partial charge in [0.05, 0.1) is 12.6 Å². The van der Waals surface area contributed by atoms with Crippen LogP contribution >= 0.6 is 0 Å². The minimum absolute atomic E-state index is 0.0906. The van der Waals surface area contributed by atoms with Gasteiger partial charge < -0.3 is 15.0 Å². The van der Waals surface area contributed by atoms with E-state index in [1.165, 1.54) is 24.3 Å². The predicted octanol–water partition coefficient (Wildman–Crippen LogP) is 3.48. The highest BCUT2D eigenvalue weighted by atomic mass is 32.2. The molecule has 2 amide bonds. The van der Waals surface area contributed by atoms with Crippen LogP contribution in [0, 0.1) is 0 Å². The SMILES string of the molecule is COc1ccc(C(=O)NC(=Cc2cn(S(=O)(=O)N(C)C)c3ccccc23)C(=O)N2CCCCCC2)cc1. The van der Waals surface area contributed by atoms with Crippen LogP contribution in [0.4, 0.5) is 0 Å². The van der Waals surface area contributed by atoms with Crippen LogP contribution in [0.15, 0.2) is 60.4 Å². The number of rotatable bonds is 7. The van der Waals surface area contributed by atoms with E-state index in [0.29, 0.717) is 40.9 Å². The Hall–Kier alpha value is -3.63. The molecule has 0 spiro atoms. The molecule has 1 aromatic heterocycles. The highest BCUT2D eigenvalue weighted by Gasteiger charge is 2.24. The van der Waals surface area contributed by atoms with Crippen LogP contribution in [0.25, 0.3) is 17.0 Å². The third-order valence-electron chi connectivity index (χ3n) is 6.44. The van der Waals surface area contributed by atoms with Gasteiger partial charge in [0.25, 0.3) is 11.8 Å². The van der Waals surface area contributed by atoms with Crippen molar-refractivity contribution in [2.45, 2.75) is 25.7 Å². The second-order valence-electron chi connectivity index (χ2n) is 9.13. The monoisotopic (exact) mass is 524 g/mol. The van der Waals surface area contributed by atoms with Crippen molar-refractivity contribution in [3.05, 3.63) is 71.6 Å². The molecule has 0 atom stereocenters. The number of nitrogens with zero attached hydrogens (tertiary/aromatic N) is 3. The van der Waals surface area contributed by atoms with E-state index >= 15 is 0 Å². The van der Waals surface area contributed by atoms with E-state index < -0.39 is 16.1 Å². The fraction of sp³-hybridized carbons (Fsp3) is 0.333. The van der Waals surface area contributed by atoms with Crippen molar-refractivity contribution in [3.63, 3.8) is 0 Å². The predicted molar refractivity (Wildman–Crippen MR) is 143 cm³/mol. The first-order chi connectivity index (χ1) is 17.7. The molecule has 10 heteroatoms. The molecule has 0 radical (unpaired) electrons. The normalized spacial score (nSPS) is 15.0. The van der Waals surface area contributed by atoms with Crippen LogP contribution in [-0.2, 0) is 15.0 Å². The maximum atomic E-state index is 13.7. The summed E-state index contributed by atoms with van der Waals surface area (Å²) in [5.41, 5.74) is 1.44. The van der Waals surface area contributed by atoms with Crippen LogP contribution in [-0.4, -0.2) is 67.7 Å². The highest BCUT2D eigenvalue weighted by molar-refractivity contribution is 7.87. The largest absolute Gasteiger partial charge is 0.497 e. The minimum atomic E-state index is -3.81. The van der Waals surface area contributed by atoms with Gasteiger partial charge in [0.2, 0.25) is 0 Å². The van der Waals surface area contributed by atoms with Gasteiger partial charge in [0.15, 0.2) is 0 Å². The summed E-state index contributed by atoms with van der Waals surface area (Å²) in [6.45, 7) is 1.21. The Morgan fingerprint density at radius 3 is 2.24 bits per heavy atom. The molecule has 37 heavy (non-hydrogen) atoms. The molecule has 9 nitrogen and oxygen atoms in total. The zero-order valence-corrected chi connectivity index (χ0v) is 22.1. The molecule has 0 saturated carbocycles. The molecule has 4 rings (SSSR count). The van der Waals surface area contributed by atoms with Gasteiger partial charge in [-0.2, -0.15) is 12.7 Å². The Bertz CT molecular complexity index is 1420. The first kappa shape index (κ1) is 26.4. The van der Waals surface area contributed by atoms with Gasteiger partial charge in [-0.1, -0.05) is 31.0 Å². The van der Waals surface area contributed by atoms with E-state index in [0.717, 1.165) is 30.0 Å². The molecule has 2 heterocycles. The smallest absolute Gasteiger partial charge is 0.307 e. The third-order valence-corrected chi connectivity index (χ3v) is 8.16. The number of benzene rings is 2. The molecule has 196 valence electrons. The van der Waals surface area contributed by atoms with E-state index in [9.17, 15) is 18.0 Å². The van der Waals surface area contributed by atoms with Crippen molar-refractivity contribution in [3.8, 4) is 5.75 Å². The minimum Gasteiger partial charge on any atom is -0.497 e. The Morgan fingerprint density at radius 2 is 1.62 bits per heavy atom. The number of para-hydroxylation sites is 1. The van der Waals surface area contributed by atoms with Crippen LogP contribution in [0.5, 0.6) is 5.75 Å². The number of amides is 2. The van der Waals surface area contributed by atoms with Crippen molar-refractivity contribution in [1.29, 1.82) is 0 Å². The molecule has 1 aliphatic rings. The number of carbonyl (C=O) groups excluding carboxylic acids is 2. The van der Waals surface area contributed by atoms with Crippen LogP contribution in [0.2, 0.25) is 0 Å². The molecule has 1 N–H and O–H groups in total. The topological polar surface area (TPSA) is 101 Å². The zero-order chi connectivity index (χ0) is 26.6. The van der Waals surface area contributed by atoms with Crippen molar-refractivity contribution in [1.82, 2.24) is 18.5 Å². The van der Waals surface area contributed by atoms with E-state index in [1.807, 2.05) is 0 Å². The molecule has 1 aliphatic heterocycles. The van der Waals surface area contributed by atoms with Crippen molar-refractivity contribution < 1.29 is 22.7 Å². The number of hydrogen-bond acceptors (Lipinski definition) is 5. The number of hydrogen-bond donors (Lipinski definition) is 1. The van der Waals surface area contributed by atoms with Crippen molar-refractivity contribution >= 4 is 39.0 Å². The number of aromatic nitrogens is 1. The van der Waals surface area contributed by atoms with Crippen LogP contribution in [0.1, 0.15) is 41.6 Å². The van der Waals surface area contributed by atoms with E-state index in [4.69, 9.17) is 4.74 Å². The fourth-order valence-electron chi connectivity index (χ4n) is 4.34. The average Bonchev–Trinajstić information content (AvgIpc) is 3.06. The Balaban J connectivity index is 1.79. The lowest BCUT2D eigenvalue weighted by atomic mass is 10.1. The van der Waals surface area contributed by atoms with Gasteiger partial charge in [-0.05, 0) is 49.2 Å². The van der Waals surface area contributed by atoms with Gasteiger partial charge in [0, 0.05) is 49.9 Å². The van der Waals surface area contributed by atoms with Crippen molar-refractivity contribution in [2.75, 3.05) is 34.3 Å².